The van der Waals surface area contributed by atoms with Crippen molar-refractivity contribution < 1.29 is 0 Å². The molecule has 0 saturated carbocycles. The Morgan fingerprint density at radius 2 is 2.15 bits per heavy atom. The molecule has 3 rings (SSSR count). The molecule has 1 aliphatic rings. The predicted molar refractivity (Wildman–Crippen MR) is 58.2 cm³/mol. The van der Waals surface area contributed by atoms with Gasteiger partial charge in [0.05, 0.1) is 12.1 Å². The van der Waals surface area contributed by atoms with Crippen molar-refractivity contribution in [2.75, 3.05) is 5.32 Å². The molecule has 2 aromatic rings. The average molecular weight is 188 g/mol. The van der Waals surface area contributed by atoms with Crippen molar-refractivity contribution in [2.24, 2.45) is 0 Å². The van der Waals surface area contributed by atoms with Gasteiger partial charge in [-0.15, -0.1) is 0 Å². The molecule has 1 aliphatic heterocycles. The first-order valence-electron chi connectivity index (χ1n) is 4.23. The number of benzene rings is 1. The first-order valence-corrected chi connectivity index (χ1v) is 4.63. The van der Waals surface area contributed by atoms with Crippen LogP contribution in [-0.4, -0.2) is 9.56 Å². The molecular weight excluding hydrogens is 180 g/mol. The van der Waals surface area contributed by atoms with Crippen molar-refractivity contribution in [3.8, 4) is 0 Å². The van der Waals surface area contributed by atoms with E-state index in [0.29, 0.717) is 0 Å². The van der Waals surface area contributed by atoms with E-state index in [-0.39, 0.29) is 0 Å². The first-order chi connectivity index (χ1) is 6.34. The van der Waals surface area contributed by atoms with Crippen molar-refractivity contribution in [1.82, 2.24) is 4.57 Å². The Labute approximate surface area is 81.2 Å². The Hall–Kier alpha value is -1.35. The van der Waals surface area contributed by atoms with Crippen molar-refractivity contribution in [2.45, 2.75) is 6.54 Å². The lowest BCUT2D eigenvalue weighted by atomic mass is 10.2. The highest BCUT2D eigenvalue weighted by Gasteiger charge is 2.16. The highest BCUT2D eigenvalue weighted by molar-refractivity contribution is 7.80. The van der Waals surface area contributed by atoms with E-state index in [1.807, 2.05) is 0 Å². The highest BCUT2D eigenvalue weighted by Crippen LogP contribution is 2.26. The minimum Gasteiger partial charge on any atom is -0.335 e. The molecule has 1 aromatic heterocycles. The third-order valence-corrected chi connectivity index (χ3v) is 2.61. The number of anilines is 1. The summed E-state index contributed by atoms with van der Waals surface area (Å²) in [7, 11) is 0. The monoisotopic (exact) mass is 188 g/mol. The van der Waals surface area contributed by atoms with Crippen LogP contribution in [0.25, 0.3) is 10.9 Å². The van der Waals surface area contributed by atoms with E-state index in [2.05, 4.69) is 40.2 Å². The highest BCUT2D eigenvalue weighted by atomic mass is 32.1. The minimum absolute atomic E-state index is 0.818. The molecule has 0 spiro atoms. The summed E-state index contributed by atoms with van der Waals surface area (Å²) in [6.45, 7) is 0.818. The molecule has 0 unspecified atom stereocenters. The van der Waals surface area contributed by atoms with Crippen LogP contribution in [0, 0.1) is 0 Å². The van der Waals surface area contributed by atoms with E-state index in [0.717, 1.165) is 17.4 Å². The van der Waals surface area contributed by atoms with Crippen LogP contribution in [0.2, 0.25) is 0 Å². The van der Waals surface area contributed by atoms with Crippen molar-refractivity contribution >= 4 is 33.9 Å². The van der Waals surface area contributed by atoms with Crippen molar-refractivity contribution in [1.29, 1.82) is 0 Å². The van der Waals surface area contributed by atoms with Gasteiger partial charge in [-0.05, 0) is 12.1 Å². The first kappa shape index (κ1) is 7.09. The summed E-state index contributed by atoms with van der Waals surface area (Å²) in [6.07, 6.45) is 0. The molecule has 0 amide bonds. The molecule has 64 valence electrons. The third kappa shape index (κ3) is 0.906. The van der Waals surface area contributed by atoms with Gasteiger partial charge in [0.2, 0.25) is 0 Å². The molecule has 0 fully saturated rings. The van der Waals surface area contributed by atoms with Gasteiger partial charge in [0.15, 0.2) is 0 Å². The molecule has 0 bridgehead atoms. The lowest BCUT2D eigenvalue weighted by molar-refractivity contribution is 0.956. The summed E-state index contributed by atoms with van der Waals surface area (Å²) in [6, 6.07) is 10.5. The van der Waals surface area contributed by atoms with Gasteiger partial charge in [0.1, 0.15) is 10.8 Å². The van der Waals surface area contributed by atoms with Gasteiger partial charge in [-0.2, -0.15) is 0 Å². The van der Waals surface area contributed by atoms with Crippen LogP contribution in [0.1, 0.15) is 0 Å². The van der Waals surface area contributed by atoms with Crippen LogP contribution in [0.15, 0.2) is 30.3 Å². The number of rotatable bonds is 0. The van der Waals surface area contributed by atoms with Crippen LogP contribution < -0.4 is 5.32 Å². The number of nitrogens with one attached hydrogen (secondary N) is 1. The fraction of sp³-hybridized carbons (Fsp3) is 0.100. The molecule has 0 radical (unpaired) electrons. The second-order valence-corrected chi connectivity index (χ2v) is 3.72. The Morgan fingerprint density at radius 1 is 1.31 bits per heavy atom. The topological polar surface area (TPSA) is 17.0 Å². The van der Waals surface area contributed by atoms with Gasteiger partial charge >= 0.3 is 0 Å². The molecule has 2 heterocycles. The Morgan fingerprint density at radius 3 is 3.08 bits per heavy atom. The normalized spacial score (nSPS) is 14.6. The molecule has 3 heteroatoms. The quantitative estimate of drug-likeness (QED) is 0.639. The summed E-state index contributed by atoms with van der Waals surface area (Å²) in [5, 5.41) is 4.45. The van der Waals surface area contributed by atoms with E-state index in [1.54, 1.807) is 0 Å². The SMILES string of the molecule is S=C1Cn2c(cc3ccccc32)N1. The second-order valence-electron chi connectivity index (χ2n) is 3.22. The Bertz CT molecular complexity index is 499. The fourth-order valence-corrected chi connectivity index (χ4v) is 2.04. The fourth-order valence-electron chi connectivity index (χ4n) is 1.81. The van der Waals surface area contributed by atoms with Crippen LogP contribution in [0.5, 0.6) is 0 Å². The zero-order valence-corrected chi connectivity index (χ0v) is 7.77. The number of hydrogen-bond donors (Lipinski definition) is 1. The lowest BCUT2D eigenvalue weighted by Gasteiger charge is -1.96. The van der Waals surface area contributed by atoms with Crippen LogP contribution in [0.3, 0.4) is 0 Å². The van der Waals surface area contributed by atoms with E-state index in [9.17, 15) is 0 Å². The van der Waals surface area contributed by atoms with Crippen LogP contribution >= 0.6 is 12.2 Å². The molecule has 1 N–H and O–H groups in total. The summed E-state index contributed by atoms with van der Waals surface area (Å²) in [4.78, 5) is 0.903. The van der Waals surface area contributed by atoms with Gasteiger partial charge in [0, 0.05) is 5.39 Å². The van der Waals surface area contributed by atoms with Gasteiger partial charge in [-0.3, -0.25) is 0 Å². The zero-order valence-electron chi connectivity index (χ0n) is 6.95. The minimum atomic E-state index is 0.818. The van der Waals surface area contributed by atoms with E-state index < -0.39 is 0 Å². The Kier molecular flexibility index (Phi) is 1.27. The maximum absolute atomic E-state index is 5.11. The summed E-state index contributed by atoms with van der Waals surface area (Å²) < 4.78 is 2.21. The van der Waals surface area contributed by atoms with E-state index in [4.69, 9.17) is 12.2 Å². The number of para-hydroxylation sites is 1. The zero-order chi connectivity index (χ0) is 8.84. The third-order valence-electron chi connectivity index (χ3n) is 2.38. The lowest BCUT2D eigenvalue weighted by Crippen LogP contribution is -2.02. The van der Waals surface area contributed by atoms with Gasteiger partial charge in [-0.25, -0.2) is 0 Å². The second kappa shape index (κ2) is 2.33. The van der Waals surface area contributed by atoms with Crippen molar-refractivity contribution in [3.05, 3.63) is 30.3 Å². The number of hydrogen-bond acceptors (Lipinski definition) is 1. The molecule has 0 aliphatic carbocycles. The van der Waals surface area contributed by atoms with E-state index >= 15 is 0 Å². The molecular formula is C10H8N2S. The summed E-state index contributed by atoms with van der Waals surface area (Å²) in [5.74, 6) is 1.12. The standard InChI is InChI=1S/C10H8N2S/c13-10-6-12-8-4-2-1-3-7(8)5-9(12)11-10/h1-5H,6H2,(H,11,13). The molecule has 13 heavy (non-hydrogen) atoms. The average Bonchev–Trinajstić information content (AvgIpc) is 2.60. The smallest absolute Gasteiger partial charge is 0.112 e. The predicted octanol–water partition coefficient (Wildman–Crippen LogP) is 2.39. The number of nitrogens with zero attached hydrogens (tertiary/aromatic N) is 1. The summed E-state index contributed by atoms with van der Waals surface area (Å²) in [5.41, 5.74) is 1.25. The number of aromatic nitrogens is 1. The molecule has 0 atom stereocenters. The van der Waals surface area contributed by atoms with Gasteiger partial charge < -0.3 is 9.88 Å². The van der Waals surface area contributed by atoms with Crippen LogP contribution in [0.4, 0.5) is 5.82 Å². The molecule has 1 aromatic carbocycles. The largest absolute Gasteiger partial charge is 0.335 e. The van der Waals surface area contributed by atoms with Crippen molar-refractivity contribution in [3.63, 3.8) is 0 Å². The molecule has 0 saturated heterocycles. The number of fused-ring (bicyclic) bond motifs is 3. The van der Waals surface area contributed by atoms with Crippen LogP contribution in [-0.2, 0) is 6.54 Å². The van der Waals surface area contributed by atoms with Gasteiger partial charge in [0.25, 0.3) is 0 Å². The maximum Gasteiger partial charge on any atom is 0.112 e. The van der Waals surface area contributed by atoms with Gasteiger partial charge in [-0.1, -0.05) is 30.4 Å². The molecule has 2 nitrogen and oxygen atoms in total. The maximum atomic E-state index is 5.11. The van der Waals surface area contributed by atoms with E-state index in [1.165, 1.54) is 10.9 Å². The Balaban J connectivity index is 2.37. The summed E-state index contributed by atoms with van der Waals surface area (Å²) >= 11 is 5.11. The number of thiocarbonyl (C=S) groups is 1.